The quantitative estimate of drug-likeness (QED) is 0.694. The van der Waals surface area contributed by atoms with Crippen LogP contribution in [0.4, 0.5) is 5.69 Å². The Morgan fingerprint density at radius 2 is 2.05 bits per heavy atom. The van der Waals surface area contributed by atoms with Gasteiger partial charge >= 0.3 is 0 Å². The molecule has 5 nitrogen and oxygen atoms in total. The van der Waals surface area contributed by atoms with Crippen LogP contribution in [-0.4, -0.2) is 17.1 Å². The molecular weight excluding hydrogens is 289 g/mol. The minimum absolute atomic E-state index is 0.169. The summed E-state index contributed by atoms with van der Waals surface area (Å²) < 4.78 is 10.7. The number of rotatable bonds is 4. The number of methoxy groups -OCH3 is 1. The summed E-state index contributed by atoms with van der Waals surface area (Å²) in [7, 11) is 1.52. The lowest BCUT2D eigenvalue weighted by Crippen LogP contribution is -2.01. The molecule has 0 aliphatic carbocycles. The van der Waals surface area contributed by atoms with Crippen molar-refractivity contribution in [3.05, 3.63) is 40.4 Å². The summed E-state index contributed by atoms with van der Waals surface area (Å²) in [5, 5.41) is 0.570. The van der Waals surface area contributed by atoms with Crippen molar-refractivity contribution in [1.82, 2.24) is 9.97 Å². The minimum Gasteiger partial charge on any atom is -0.494 e. The number of benzene rings is 1. The summed E-state index contributed by atoms with van der Waals surface area (Å²) in [6.45, 7) is 0.217. The fraction of sp³-hybridized carbons (Fsp3) is 0.167. The first-order valence-corrected chi connectivity index (χ1v) is 6.09. The Balaban J connectivity index is 2.15. The number of aromatic nitrogens is 2. The van der Waals surface area contributed by atoms with Gasteiger partial charge in [0.05, 0.1) is 23.5 Å². The van der Waals surface area contributed by atoms with E-state index in [4.69, 9.17) is 38.4 Å². The van der Waals surface area contributed by atoms with Gasteiger partial charge in [0.2, 0.25) is 5.28 Å². The smallest absolute Gasteiger partial charge is 0.222 e. The van der Waals surface area contributed by atoms with Gasteiger partial charge in [-0.15, -0.1) is 0 Å². The Morgan fingerprint density at radius 3 is 2.74 bits per heavy atom. The molecule has 1 aromatic heterocycles. The highest BCUT2D eigenvalue weighted by Gasteiger charge is 2.09. The molecule has 0 radical (unpaired) electrons. The zero-order chi connectivity index (χ0) is 13.8. The summed E-state index contributed by atoms with van der Waals surface area (Å²) in [6, 6.07) is 4.90. The molecule has 100 valence electrons. The molecule has 1 aromatic carbocycles. The van der Waals surface area contributed by atoms with Crippen LogP contribution in [0.5, 0.6) is 11.5 Å². The van der Waals surface area contributed by atoms with E-state index in [0.717, 1.165) is 0 Å². The molecule has 0 unspecified atom stereocenters. The van der Waals surface area contributed by atoms with E-state index >= 15 is 0 Å². The van der Waals surface area contributed by atoms with Gasteiger partial charge in [-0.3, -0.25) is 0 Å². The van der Waals surface area contributed by atoms with Crippen LogP contribution >= 0.6 is 23.2 Å². The molecule has 0 aliphatic rings. The van der Waals surface area contributed by atoms with Crippen LogP contribution in [0, 0.1) is 0 Å². The number of hydrogen-bond donors (Lipinski definition) is 1. The van der Waals surface area contributed by atoms with Gasteiger partial charge in [-0.25, -0.2) is 9.97 Å². The predicted octanol–water partition coefficient (Wildman–Crippen LogP) is 2.95. The summed E-state index contributed by atoms with van der Waals surface area (Å²) in [6.07, 6.45) is 1.55. The predicted molar refractivity (Wildman–Crippen MR) is 73.8 cm³/mol. The lowest BCUT2D eigenvalue weighted by molar-refractivity contribution is 0.299. The molecule has 0 fully saturated rings. The highest BCUT2D eigenvalue weighted by atomic mass is 35.5. The van der Waals surface area contributed by atoms with Crippen LogP contribution in [0.3, 0.4) is 0 Å². The molecule has 1 heterocycles. The van der Waals surface area contributed by atoms with Crippen LogP contribution in [0.1, 0.15) is 5.69 Å². The molecule has 0 aliphatic heterocycles. The molecule has 0 amide bonds. The van der Waals surface area contributed by atoms with Gasteiger partial charge in [0, 0.05) is 12.3 Å². The second-order valence-corrected chi connectivity index (χ2v) is 4.38. The number of hydrogen-bond acceptors (Lipinski definition) is 5. The SMILES string of the molecule is COc1cc(OCc2ccnc(Cl)n2)c(Cl)cc1N. The Hall–Kier alpha value is -1.72. The zero-order valence-corrected chi connectivity index (χ0v) is 11.6. The Bertz CT molecular complexity index is 593. The molecule has 0 bridgehead atoms. The first-order valence-electron chi connectivity index (χ1n) is 5.33. The molecular formula is C12H11Cl2N3O2. The number of anilines is 1. The minimum atomic E-state index is 0.169. The van der Waals surface area contributed by atoms with Crippen LogP contribution in [0.15, 0.2) is 24.4 Å². The maximum atomic E-state index is 6.04. The van der Waals surface area contributed by atoms with E-state index in [0.29, 0.717) is 27.9 Å². The number of nitrogens with two attached hydrogens (primary N) is 1. The van der Waals surface area contributed by atoms with Gasteiger partial charge in [0.1, 0.15) is 18.1 Å². The van der Waals surface area contributed by atoms with Crippen LogP contribution in [-0.2, 0) is 6.61 Å². The Kier molecular flexibility index (Phi) is 4.29. The molecule has 0 saturated carbocycles. The summed E-state index contributed by atoms with van der Waals surface area (Å²) >= 11 is 11.7. The highest BCUT2D eigenvalue weighted by molar-refractivity contribution is 6.32. The van der Waals surface area contributed by atoms with Gasteiger partial charge in [0.15, 0.2) is 0 Å². The van der Waals surface area contributed by atoms with Gasteiger partial charge in [-0.05, 0) is 23.7 Å². The normalized spacial score (nSPS) is 10.3. The molecule has 0 saturated heterocycles. The summed E-state index contributed by atoms with van der Waals surface area (Å²) in [4.78, 5) is 7.80. The topological polar surface area (TPSA) is 70.3 Å². The lowest BCUT2D eigenvalue weighted by atomic mass is 10.3. The third-order valence-corrected chi connectivity index (χ3v) is 2.82. The van der Waals surface area contributed by atoms with E-state index in [1.54, 1.807) is 24.4 Å². The standard InChI is InChI=1S/C12H11Cl2N3O2/c1-18-11-5-10(8(13)4-9(11)15)19-6-7-2-3-16-12(14)17-7/h2-5H,6,15H2,1H3. The van der Waals surface area contributed by atoms with Gasteiger partial charge in [0.25, 0.3) is 0 Å². The van der Waals surface area contributed by atoms with Crippen molar-refractivity contribution in [3.63, 3.8) is 0 Å². The number of nitrogens with zero attached hydrogens (tertiary/aromatic N) is 2. The van der Waals surface area contributed by atoms with Crippen LogP contribution < -0.4 is 15.2 Å². The van der Waals surface area contributed by atoms with Gasteiger partial charge in [-0.2, -0.15) is 0 Å². The van der Waals surface area contributed by atoms with Crippen molar-refractivity contribution in [2.24, 2.45) is 0 Å². The molecule has 2 rings (SSSR count). The fourth-order valence-electron chi connectivity index (χ4n) is 1.44. The van der Waals surface area contributed by atoms with Gasteiger partial charge in [-0.1, -0.05) is 11.6 Å². The van der Waals surface area contributed by atoms with E-state index in [9.17, 15) is 0 Å². The average Bonchev–Trinajstić information content (AvgIpc) is 2.38. The Labute approximate surface area is 120 Å². The third kappa shape index (κ3) is 3.39. The Morgan fingerprint density at radius 1 is 1.26 bits per heavy atom. The van der Waals surface area contributed by atoms with E-state index < -0.39 is 0 Å². The van der Waals surface area contributed by atoms with Crippen molar-refractivity contribution in [2.75, 3.05) is 12.8 Å². The second kappa shape index (κ2) is 5.95. The molecule has 7 heteroatoms. The lowest BCUT2D eigenvalue weighted by Gasteiger charge is -2.11. The summed E-state index contributed by atoms with van der Waals surface area (Å²) in [5.41, 5.74) is 6.82. The monoisotopic (exact) mass is 299 g/mol. The fourth-order valence-corrected chi connectivity index (χ4v) is 1.83. The van der Waals surface area contributed by atoms with Crippen molar-refractivity contribution < 1.29 is 9.47 Å². The second-order valence-electron chi connectivity index (χ2n) is 3.63. The molecule has 0 atom stereocenters. The summed E-state index contributed by atoms with van der Waals surface area (Å²) in [5.74, 6) is 0.961. The van der Waals surface area contributed by atoms with E-state index in [1.165, 1.54) is 7.11 Å². The first-order chi connectivity index (χ1) is 9.10. The number of ether oxygens (including phenoxy) is 2. The van der Waals surface area contributed by atoms with E-state index in [1.807, 2.05) is 0 Å². The maximum Gasteiger partial charge on any atom is 0.222 e. The van der Waals surface area contributed by atoms with Gasteiger partial charge < -0.3 is 15.2 Å². The first kappa shape index (κ1) is 13.7. The molecule has 0 spiro atoms. The molecule has 2 aromatic rings. The van der Waals surface area contributed by atoms with Crippen molar-refractivity contribution in [2.45, 2.75) is 6.61 Å². The third-order valence-electron chi connectivity index (χ3n) is 2.34. The highest BCUT2D eigenvalue weighted by Crippen LogP contribution is 2.34. The number of nitrogen functional groups attached to an aromatic ring is 1. The largest absolute Gasteiger partial charge is 0.494 e. The average molecular weight is 300 g/mol. The van der Waals surface area contributed by atoms with Crippen molar-refractivity contribution >= 4 is 28.9 Å². The molecule has 19 heavy (non-hydrogen) atoms. The van der Waals surface area contributed by atoms with E-state index in [2.05, 4.69) is 9.97 Å². The van der Waals surface area contributed by atoms with Crippen LogP contribution in [0.25, 0.3) is 0 Å². The number of halogens is 2. The zero-order valence-electron chi connectivity index (χ0n) is 10.1. The molecule has 2 N–H and O–H groups in total. The van der Waals surface area contributed by atoms with Crippen molar-refractivity contribution in [3.8, 4) is 11.5 Å². The maximum absolute atomic E-state index is 6.04. The van der Waals surface area contributed by atoms with Crippen LogP contribution in [0.2, 0.25) is 10.3 Å². The van der Waals surface area contributed by atoms with Crippen molar-refractivity contribution in [1.29, 1.82) is 0 Å². The van der Waals surface area contributed by atoms with E-state index in [-0.39, 0.29) is 11.9 Å².